The lowest BCUT2D eigenvalue weighted by molar-refractivity contribution is -0.202. The predicted octanol–water partition coefficient (Wildman–Crippen LogP) is 0.905. The molecule has 0 aromatic heterocycles. The SMILES string of the molecule is CC(=O)O[C@H]1[C@@H](C)COC(C)[C@@H]1OC(C)=O. The summed E-state index contributed by atoms with van der Waals surface area (Å²) in [7, 11) is 0. The van der Waals surface area contributed by atoms with Crippen molar-refractivity contribution in [3.05, 3.63) is 0 Å². The minimum Gasteiger partial charge on any atom is -0.458 e. The fourth-order valence-electron chi connectivity index (χ4n) is 1.81. The number of esters is 2. The van der Waals surface area contributed by atoms with E-state index < -0.39 is 18.2 Å². The average Bonchev–Trinajstić information content (AvgIpc) is 2.16. The van der Waals surface area contributed by atoms with E-state index in [9.17, 15) is 9.59 Å². The Bertz CT molecular complexity index is 248. The first-order valence-electron chi connectivity index (χ1n) is 5.38. The van der Waals surface area contributed by atoms with E-state index in [0.29, 0.717) is 6.61 Å². The minimum absolute atomic E-state index is 0.0180. The molecule has 1 saturated heterocycles. The van der Waals surface area contributed by atoms with Gasteiger partial charge in [-0.2, -0.15) is 0 Å². The second kappa shape index (κ2) is 5.30. The van der Waals surface area contributed by atoms with E-state index in [-0.39, 0.29) is 18.0 Å². The van der Waals surface area contributed by atoms with Crippen LogP contribution < -0.4 is 0 Å². The molecular formula is C11H18O5. The van der Waals surface area contributed by atoms with Crippen LogP contribution in [0.3, 0.4) is 0 Å². The molecule has 1 aliphatic heterocycles. The van der Waals surface area contributed by atoms with Gasteiger partial charge in [0, 0.05) is 19.8 Å². The van der Waals surface area contributed by atoms with Gasteiger partial charge in [-0.05, 0) is 6.92 Å². The third kappa shape index (κ3) is 3.20. The summed E-state index contributed by atoms with van der Waals surface area (Å²) in [6.45, 7) is 6.87. The molecule has 0 aromatic carbocycles. The molecule has 4 atom stereocenters. The zero-order valence-corrected chi connectivity index (χ0v) is 10.1. The summed E-state index contributed by atoms with van der Waals surface area (Å²) in [6, 6.07) is 0. The first-order chi connectivity index (χ1) is 7.41. The van der Waals surface area contributed by atoms with Gasteiger partial charge in [0.2, 0.25) is 0 Å². The number of rotatable bonds is 2. The van der Waals surface area contributed by atoms with Gasteiger partial charge in [0.15, 0.2) is 6.10 Å². The van der Waals surface area contributed by atoms with Crippen LogP contribution in [0.15, 0.2) is 0 Å². The monoisotopic (exact) mass is 230 g/mol. The molecule has 1 unspecified atom stereocenters. The lowest BCUT2D eigenvalue weighted by Gasteiger charge is -2.38. The average molecular weight is 230 g/mol. The van der Waals surface area contributed by atoms with Crippen LogP contribution in [0.2, 0.25) is 0 Å². The van der Waals surface area contributed by atoms with E-state index in [1.807, 2.05) is 6.92 Å². The first-order valence-corrected chi connectivity index (χ1v) is 5.38. The second-order valence-electron chi connectivity index (χ2n) is 4.16. The molecule has 0 N–H and O–H groups in total. The maximum absolute atomic E-state index is 11.0. The number of hydrogen-bond donors (Lipinski definition) is 0. The maximum atomic E-state index is 11.0. The Morgan fingerprint density at radius 1 is 1.06 bits per heavy atom. The van der Waals surface area contributed by atoms with Crippen LogP contribution in [0.1, 0.15) is 27.7 Å². The Morgan fingerprint density at radius 2 is 1.56 bits per heavy atom. The summed E-state index contributed by atoms with van der Waals surface area (Å²) in [6.07, 6.45) is -1.21. The minimum atomic E-state index is -0.523. The van der Waals surface area contributed by atoms with E-state index in [4.69, 9.17) is 14.2 Å². The third-order valence-corrected chi connectivity index (χ3v) is 2.57. The van der Waals surface area contributed by atoms with Crippen molar-refractivity contribution in [2.45, 2.75) is 46.0 Å². The first kappa shape index (κ1) is 13.0. The Morgan fingerprint density at radius 3 is 2.06 bits per heavy atom. The van der Waals surface area contributed by atoms with Crippen LogP contribution in [0.4, 0.5) is 0 Å². The van der Waals surface area contributed by atoms with Crippen molar-refractivity contribution in [3.63, 3.8) is 0 Å². The van der Waals surface area contributed by atoms with Gasteiger partial charge in [-0.15, -0.1) is 0 Å². The maximum Gasteiger partial charge on any atom is 0.303 e. The molecule has 92 valence electrons. The fraction of sp³-hybridized carbons (Fsp3) is 0.818. The number of carbonyl (C=O) groups is 2. The molecule has 0 amide bonds. The molecule has 1 fully saturated rings. The molecule has 0 saturated carbocycles. The number of ether oxygens (including phenoxy) is 3. The van der Waals surface area contributed by atoms with Crippen LogP contribution in [-0.4, -0.2) is 36.9 Å². The molecule has 1 heterocycles. The van der Waals surface area contributed by atoms with Crippen LogP contribution in [0.5, 0.6) is 0 Å². The van der Waals surface area contributed by atoms with E-state index in [2.05, 4.69) is 0 Å². The van der Waals surface area contributed by atoms with Crippen LogP contribution in [0, 0.1) is 5.92 Å². The van der Waals surface area contributed by atoms with Crippen molar-refractivity contribution in [1.82, 2.24) is 0 Å². The van der Waals surface area contributed by atoms with Crippen molar-refractivity contribution in [2.24, 2.45) is 5.92 Å². The van der Waals surface area contributed by atoms with E-state index >= 15 is 0 Å². The fourth-order valence-corrected chi connectivity index (χ4v) is 1.81. The molecule has 0 aliphatic carbocycles. The van der Waals surface area contributed by atoms with Crippen molar-refractivity contribution in [2.75, 3.05) is 6.61 Å². The Labute approximate surface area is 95.0 Å². The number of carbonyl (C=O) groups excluding carboxylic acids is 2. The molecule has 0 aromatic rings. The molecule has 16 heavy (non-hydrogen) atoms. The van der Waals surface area contributed by atoms with Crippen molar-refractivity contribution >= 4 is 11.9 Å². The van der Waals surface area contributed by atoms with E-state index in [1.165, 1.54) is 13.8 Å². The summed E-state index contributed by atoms with van der Waals surface area (Å²) in [5, 5.41) is 0. The highest BCUT2D eigenvalue weighted by molar-refractivity contribution is 5.67. The van der Waals surface area contributed by atoms with Gasteiger partial charge in [0.05, 0.1) is 12.7 Å². The highest BCUT2D eigenvalue weighted by Crippen LogP contribution is 2.25. The second-order valence-corrected chi connectivity index (χ2v) is 4.16. The summed E-state index contributed by atoms with van der Waals surface area (Å²) in [5.41, 5.74) is 0. The van der Waals surface area contributed by atoms with Gasteiger partial charge >= 0.3 is 11.9 Å². The van der Waals surface area contributed by atoms with Crippen molar-refractivity contribution < 1.29 is 23.8 Å². The van der Waals surface area contributed by atoms with Gasteiger partial charge in [0.25, 0.3) is 0 Å². The zero-order chi connectivity index (χ0) is 12.3. The van der Waals surface area contributed by atoms with Crippen molar-refractivity contribution in [3.8, 4) is 0 Å². The summed E-state index contributed by atoms with van der Waals surface area (Å²) in [5.74, 6) is -0.751. The standard InChI is InChI=1S/C11H18O5/c1-6-5-14-7(2)11(16-9(4)13)10(6)15-8(3)12/h6-7,10-11H,5H2,1-4H3/t6-,7?,10-,11-/m0/s1. The van der Waals surface area contributed by atoms with Gasteiger partial charge in [0.1, 0.15) is 6.10 Å². The van der Waals surface area contributed by atoms with Crippen LogP contribution in [-0.2, 0) is 23.8 Å². The molecule has 1 aliphatic rings. The van der Waals surface area contributed by atoms with Gasteiger partial charge in [-0.3, -0.25) is 9.59 Å². The Kier molecular flexibility index (Phi) is 4.29. The molecule has 0 radical (unpaired) electrons. The Hall–Kier alpha value is -1.10. The van der Waals surface area contributed by atoms with Gasteiger partial charge in [-0.1, -0.05) is 6.92 Å². The van der Waals surface area contributed by atoms with Gasteiger partial charge in [-0.25, -0.2) is 0 Å². The smallest absolute Gasteiger partial charge is 0.303 e. The highest BCUT2D eigenvalue weighted by atomic mass is 16.6. The predicted molar refractivity (Wildman–Crippen MR) is 55.7 cm³/mol. The largest absolute Gasteiger partial charge is 0.458 e. The quantitative estimate of drug-likeness (QED) is 0.660. The van der Waals surface area contributed by atoms with Crippen LogP contribution in [0.25, 0.3) is 0 Å². The highest BCUT2D eigenvalue weighted by Gasteiger charge is 2.40. The lowest BCUT2D eigenvalue weighted by atomic mass is 9.94. The molecule has 0 spiro atoms. The molecule has 1 rings (SSSR count). The van der Waals surface area contributed by atoms with Crippen molar-refractivity contribution in [1.29, 1.82) is 0 Å². The summed E-state index contributed by atoms with van der Waals surface area (Å²) < 4.78 is 15.8. The molecule has 5 nitrogen and oxygen atoms in total. The lowest BCUT2D eigenvalue weighted by Crippen LogP contribution is -2.51. The van der Waals surface area contributed by atoms with E-state index in [1.54, 1.807) is 6.92 Å². The Balaban J connectivity index is 2.76. The van der Waals surface area contributed by atoms with E-state index in [0.717, 1.165) is 0 Å². The summed E-state index contributed by atoms with van der Waals surface area (Å²) >= 11 is 0. The third-order valence-electron chi connectivity index (χ3n) is 2.57. The molecule has 0 bridgehead atoms. The molecule has 5 heteroatoms. The normalized spacial score (nSPS) is 34.2. The van der Waals surface area contributed by atoms with Gasteiger partial charge < -0.3 is 14.2 Å². The summed E-state index contributed by atoms with van der Waals surface area (Å²) in [4.78, 5) is 22.0. The molecular weight excluding hydrogens is 212 g/mol. The number of hydrogen-bond acceptors (Lipinski definition) is 5. The zero-order valence-electron chi connectivity index (χ0n) is 10.1. The topological polar surface area (TPSA) is 61.8 Å². The van der Waals surface area contributed by atoms with Crippen LogP contribution >= 0.6 is 0 Å².